The fourth-order valence-electron chi connectivity index (χ4n) is 3.17. The van der Waals surface area contributed by atoms with E-state index in [2.05, 4.69) is 39.5 Å². The molecule has 0 spiro atoms. The molecule has 0 aliphatic carbocycles. The van der Waals surface area contributed by atoms with Gasteiger partial charge in [0, 0.05) is 13.1 Å². The number of benzene rings is 1. The van der Waals surface area contributed by atoms with Gasteiger partial charge in [-0.3, -0.25) is 9.36 Å². The summed E-state index contributed by atoms with van der Waals surface area (Å²) < 4.78 is 12.8. The second-order valence-corrected chi connectivity index (χ2v) is 8.42. The van der Waals surface area contributed by atoms with Crippen LogP contribution in [-0.4, -0.2) is 52.2 Å². The van der Waals surface area contributed by atoms with Crippen LogP contribution in [0.4, 0.5) is 5.95 Å². The van der Waals surface area contributed by atoms with Crippen molar-refractivity contribution in [3.05, 3.63) is 54.0 Å². The van der Waals surface area contributed by atoms with Crippen molar-refractivity contribution in [1.29, 1.82) is 0 Å². The zero-order chi connectivity index (χ0) is 20.9. The maximum absolute atomic E-state index is 12.6. The molecule has 0 bridgehead atoms. The van der Waals surface area contributed by atoms with E-state index in [9.17, 15) is 4.79 Å². The molecule has 0 radical (unpaired) electrons. The Labute approximate surface area is 179 Å². The Kier molecular flexibility index (Phi) is 6.39. The molecule has 4 rings (SSSR count). The van der Waals surface area contributed by atoms with Gasteiger partial charge in [-0.15, -0.1) is 10.2 Å². The molecule has 1 saturated heterocycles. The summed E-state index contributed by atoms with van der Waals surface area (Å²) >= 11 is 1.39. The number of ether oxygens (including phenoxy) is 1. The van der Waals surface area contributed by atoms with Gasteiger partial charge in [-0.05, 0) is 38.1 Å². The number of nitrogens with one attached hydrogen (secondary N) is 1. The molecule has 2 aromatic heterocycles. The molecular weight excluding hydrogens is 402 g/mol. The van der Waals surface area contributed by atoms with Crippen LogP contribution in [-0.2, 0) is 16.1 Å². The zero-order valence-electron chi connectivity index (χ0n) is 17.1. The number of nitrogens with zero attached hydrogens (tertiary/aromatic N) is 4. The highest BCUT2D eigenvalue weighted by molar-refractivity contribution is 8.00. The van der Waals surface area contributed by atoms with Gasteiger partial charge >= 0.3 is 0 Å². The highest BCUT2D eigenvalue weighted by Crippen LogP contribution is 2.30. The first-order valence-electron chi connectivity index (χ1n) is 9.94. The third-order valence-corrected chi connectivity index (χ3v) is 5.91. The molecule has 30 heavy (non-hydrogen) atoms. The number of thioether (sulfide) groups is 1. The molecule has 1 N–H and O–H groups in total. The predicted molar refractivity (Wildman–Crippen MR) is 115 cm³/mol. The minimum absolute atomic E-state index is 0.0808. The zero-order valence-corrected chi connectivity index (χ0v) is 17.9. The summed E-state index contributed by atoms with van der Waals surface area (Å²) in [7, 11) is 0. The van der Waals surface area contributed by atoms with E-state index in [1.54, 1.807) is 12.3 Å². The van der Waals surface area contributed by atoms with Crippen LogP contribution in [0.3, 0.4) is 0 Å². The SMILES string of the molecule is Cc1ccc(-n2c(S[C@@H](C)C(=O)NCc3ccco3)nnc2N2CCOCC2)cc1. The quantitative estimate of drug-likeness (QED) is 0.580. The number of morpholine rings is 1. The monoisotopic (exact) mass is 427 g/mol. The molecule has 1 aliphatic rings. The highest BCUT2D eigenvalue weighted by atomic mass is 32.2. The van der Waals surface area contributed by atoms with Crippen molar-refractivity contribution in [2.45, 2.75) is 30.8 Å². The number of furan rings is 1. The highest BCUT2D eigenvalue weighted by Gasteiger charge is 2.24. The van der Waals surface area contributed by atoms with Gasteiger partial charge in [0.15, 0.2) is 5.16 Å². The Morgan fingerprint density at radius 2 is 1.97 bits per heavy atom. The van der Waals surface area contributed by atoms with Crippen LogP contribution in [0.2, 0.25) is 0 Å². The maximum atomic E-state index is 12.6. The molecule has 158 valence electrons. The number of aryl methyl sites for hydroxylation is 1. The second kappa shape index (κ2) is 9.36. The summed E-state index contributed by atoms with van der Waals surface area (Å²) in [6.45, 7) is 7.12. The fourth-order valence-corrected chi connectivity index (χ4v) is 4.06. The summed E-state index contributed by atoms with van der Waals surface area (Å²) in [5.74, 6) is 1.41. The number of carbonyl (C=O) groups excluding carboxylic acids is 1. The molecular formula is C21H25N5O3S. The summed E-state index contributed by atoms with van der Waals surface area (Å²) in [5.41, 5.74) is 2.15. The van der Waals surface area contributed by atoms with Gasteiger partial charge in [0.2, 0.25) is 11.9 Å². The lowest BCUT2D eigenvalue weighted by molar-refractivity contribution is -0.120. The number of rotatable bonds is 7. The van der Waals surface area contributed by atoms with E-state index in [-0.39, 0.29) is 11.2 Å². The van der Waals surface area contributed by atoms with Gasteiger partial charge in [0.05, 0.1) is 37.0 Å². The third kappa shape index (κ3) is 4.68. The number of anilines is 1. The first kappa shape index (κ1) is 20.5. The molecule has 1 fully saturated rings. The van der Waals surface area contributed by atoms with Crippen molar-refractivity contribution in [3.63, 3.8) is 0 Å². The van der Waals surface area contributed by atoms with Gasteiger partial charge in [0.1, 0.15) is 5.76 Å². The van der Waals surface area contributed by atoms with Gasteiger partial charge in [-0.2, -0.15) is 0 Å². The van der Waals surface area contributed by atoms with E-state index in [0.29, 0.717) is 24.9 Å². The lowest BCUT2D eigenvalue weighted by Gasteiger charge is -2.28. The van der Waals surface area contributed by atoms with E-state index in [0.717, 1.165) is 30.5 Å². The lowest BCUT2D eigenvalue weighted by atomic mass is 10.2. The predicted octanol–water partition coefficient (Wildman–Crippen LogP) is 2.80. The van der Waals surface area contributed by atoms with Gasteiger partial charge in [-0.25, -0.2) is 0 Å². The molecule has 0 saturated carbocycles. The summed E-state index contributed by atoms with van der Waals surface area (Å²) in [4.78, 5) is 14.8. The minimum Gasteiger partial charge on any atom is -0.467 e. The number of amides is 1. The number of carbonyl (C=O) groups is 1. The van der Waals surface area contributed by atoms with Crippen LogP contribution >= 0.6 is 11.8 Å². The van der Waals surface area contributed by atoms with Crippen LogP contribution in [0, 0.1) is 6.92 Å². The molecule has 8 nitrogen and oxygen atoms in total. The average molecular weight is 428 g/mol. The number of aromatic nitrogens is 3. The minimum atomic E-state index is -0.342. The van der Waals surface area contributed by atoms with Crippen LogP contribution in [0.25, 0.3) is 5.69 Å². The Balaban J connectivity index is 1.55. The number of hydrogen-bond acceptors (Lipinski definition) is 7. The second-order valence-electron chi connectivity index (χ2n) is 7.11. The van der Waals surface area contributed by atoms with Crippen molar-refractivity contribution in [2.24, 2.45) is 0 Å². The fraction of sp³-hybridized carbons (Fsp3) is 0.381. The van der Waals surface area contributed by atoms with Gasteiger partial charge < -0.3 is 19.4 Å². The molecule has 1 atom stereocenters. The summed E-state index contributed by atoms with van der Waals surface area (Å²) in [5, 5.41) is 12.1. The smallest absolute Gasteiger partial charge is 0.233 e. The Bertz CT molecular complexity index is 965. The molecule has 1 aromatic carbocycles. The van der Waals surface area contributed by atoms with E-state index < -0.39 is 0 Å². The largest absolute Gasteiger partial charge is 0.467 e. The molecule has 1 amide bonds. The van der Waals surface area contributed by atoms with Gasteiger partial charge in [-0.1, -0.05) is 29.5 Å². The maximum Gasteiger partial charge on any atom is 0.233 e. The Morgan fingerprint density at radius 3 is 2.67 bits per heavy atom. The molecule has 3 heterocycles. The van der Waals surface area contributed by atoms with E-state index >= 15 is 0 Å². The van der Waals surface area contributed by atoms with E-state index in [4.69, 9.17) is 9.15 Å². The topological polar surface area (TPSA) is 85.4 Å². The first-order valence-corrected chi connectivity index (χ1v) is 10.8. The van der Waals surface area contributed by atoms with Crippen LogP contribution in [0.1, 0.15) is 18.2 Å². The van der Waals surface area contributed by atoms with Crippen LogP contribution < -0.4 is 10.2 Å². The van der Waals surface area contributed by atoms with E-state index in [1.807, 2.05) is 29.7 Å². The summed E-state index contributed by atoms with van der Waals surface area (Å²) in [6.07, 6.45) is 1.59. The Hall–Kier alpha value is -2.78. The van der Waals surface area contributed by atoms with Crippen molar-refractivity contribution >= 4 is 23.6 Å². The van der Waals surface area contributed by atoms with Crippen molar-refractivity contribution in [3.8, 4) is 5.69 Å². The molecule has 3 aromatic rings. The van der Waals surface area contributed by atoms with Crippen molar-refractivity contribution in [2.75, 3.05) is 31.2 Å². The standard InChI is InChI=1S/C21H25N5O3S/c1-15-5-7-17(8-6-15)26-20(25-9-12-28-13-10-25)23-24-21(26)30-16(2)19(27)22-14-18-4-3-11-29-18/h3-8,11,16H,9-10,12-14H2,1-2H3,(H,22,27)/t16-/m0/s1. The van der Waals surface area contributed by atoms with Gasteiger partial charge in [0.25, 0.3) is 0 Å². The average Bonchev–Trinajstić information content (AvgIpc) is 3.43. The first-order chi connectivity index (χ1) is 14.6. The van der Waals surface area contributed by atoms with Crippen LogP contribution in [0.5, 0.6) is 0 Å². The van der Waals surface area contributed by atoms with Crippen molar-refractivity contribution in [1.82, 2.24) is 20.1 Å². The third-order valence-electron chi connectivity index (χ3n) is 4.87. The number of hydrogen-bond donors (Lipinski definition) is 1. The van der Waals surface area contributed by atoms with Crippen molar-refractivity contribution < 1.29 is 13.9 Å². The molecule has 1 aliphatic heterocycles. The lowest BCUT2D eigenvalue weighted by Crippen LogP contribution is -2.38. The molecule has 0 unspecified atom stereocenters. The van der Waals surface area contributed by atoms with Crippen LogP contribution in [0.15, 0.2) is 52.2 Å². The normalized spacial score (nSPS) is 15.2. The summed E-state index contributed by atoms with van der Waals surface area (Å²) in [6, 6.07) is 11.9. The molecule has 9 heteroatoms. The van der Waals surface area contributed by atoms with E-state index in [1.165, 1.54) is 17.3 Å². The Morgan fingerprint density at radius 1 is 1.20 bits per heavy atom.